The Morgan fingerprint density at radius 2 is 1.91 bits per heavy atom. The lowest BCUT2D eigenvalue weighted by Gasteiger charge is -2.18. The molecule has 0 saturated carbocycles. The average molecular weight is 152 g/mol. The molecule has 0 radical (unpaired) electrons. The predicted octanol–water partition coefficient (Wildman–Crippen LogP) is 3.95. The van der Waals surface area contributed by atoms with Crippen molar-refractivity contribution < 1.29 is 0 Å². The summed E-state index contributed by atoms with van der Waals surface area (Å²) < 4.78 is 0. The molecular formula is C11H20. The van der Waals surface area contributed by atoms with E-state index in [4.69, 9.17) is 0 Å². The molecule has 0 bridgehead atoms. The average Bonchev–Trinajstić information content (AvgIpc) is 1.84. The molecule has 0 atom stereocenters. The maximum Gasteiger partial charge on any atom is -0.0233 e. The summed E-state index contributed by atoms with van der Waals surface area (Å²) >= 11 is 0. The van der Waals surface area contributed by atoms with Crippen LogP contribution in [0.3, 0.4) is 0 Å². The molecule has 0 heterocycles. The second kappa shape index (κ2) is 4.38. The summed E-state index contributed by atoms with van der Waals surface area (Å²) in [4.78, 5) is 0. The van der Waals surface area contributed by atoms with Gasteiger partial charge in [-0.05, 0) is 18.3 Å². The van der Waals surface area contributed by atoms with E-state index in [9.17, 15) is 0 Å². The maximum absolute atomic E-state index is 3.80. The lowest BCUT2D eigenvalue weighted by atomic mass is 9.87. The van der Waals surface area contributed by atoms with Crippen molar-refractivity contribution in [1.29, 1.82) is 0 Å². The van der Waals surface area contributed by atoms with Gasteiger partial charge in [-0.3, -0.25) is 0 Å². The molecule has 0 nitrogen and oxygen atoms in total. The van der Waals surface area contributed by atoms with Crippen molar-refractivity contribution in [2.45, 2.75) is 40.5 Å². The van der Waals surface area contributed by atoms with E-state index in [0.29, 0.717) is 5.41 Å². The van der Waals surface area contributed by atoms with Crippen molar-refractivity contribution in [3.8, 4) is 0 Å². The summed E-state index contributed by atoms with van der Waals surface area (Å²) in [5.41, 5.74) is 1.76. The molecule has 0 aliphatic heterocycles. The Kier molecular flexibility index (Phi) is 4.17. The van der Waals surface area contributed by atoms with Crippen LogP contribution in [-0.4, -0.2) is 0 Å². The zero-order valence-corrected chi connectivity index (χ0v) is 8.28. The smallest absolute Gasteiger partial charge is 0.0233 e. The van der Waals surface area contributed by atoms with Crippen LogP contribution in [0.25, 0.3) is 0 Å². The monoisotopic (exact) mass is 152 g/mol. The van der Waals surface area contributed by atoms with E-state index in [1.54, 1.807) is 0 Å². The van der Waals surface area contributed by atoms with Crippen molar-refractivity contribution in [3.05, 3.63) is 24.3 Å². The summed E-state index contributed by atoms with van der Waals surface area (Å²) in [6.07, 6.45) is 6.45. The zero-order chi connectivity index (χ0) is 8.91. The largest absolute Gasteiger partial charge is 0.0988 e. The van der Waals surface area contributed by atoms with Crippen molar-refractivity contribution >= 4 is 0 Å². The summed E-state index contributed by atoms with van der Waals surface area (Å²) in [6.45, 7) is 12.7. The molecule has 0 amide bonds. The first-order chi connectivity index (χ1) is 4.99. The number of rotatable bonds is 3. The quantitative estimate of drug-likeness (QED) is 0.537. The molecule has 0 fully saturated rings. The fourth-order valence-electron chi connectivity index (χ4n) is 1.10. The first-order valence-corrected chi connectivity index (χ1v) is 4.31. The highest BCUT2D eigenvalue weighted by molar-refractivity contribution is 5.17. The SMILES string of the molecule is C=CC(=CCC)CC(C)(C)C. The van der Waals surface area contributed by atoms with Crippen LogP contribution in [0, 0.1) is 5.41 Å². The van der Waals surface area contributed by atoms with Gasteiger partial charge in [-0.15, -0.1) is 0 Å². The predicted molar refractivity (Wildman–Crippen MR) is 52.6 cm³/mol. The van der Waals surface area contributed by atoms with Gasteiger partial charge >= 0.3 is 0 Å². The van der Waals surface area contributed by atoms with E-state index in [1.807, 2.05) is 6.08 Å². The van der Waals surface area contributed by atoms with Gasteiger partial charge in [0.15, 0.2) is 0 Å². The van der Waals surface area contributed by atoms with Gasteiger partial charge in [-0.2, -0.15) is 0 Å². The first-order valence-electron chi connectivity index (χ1n) is 4.31. The molecule has 64 valence electrons. The van der Waals surface area contributed by atoms with Crippen molar-refractivity contribution in [1.82, 2.24) is 0 Å². The summed E-state index contributed by atoms with van der Waals surface area (Å²) in [5.74, 6) is 0. The zero-order valence-electron chi connectivity index (χ0n) is 8.28. The van der Waals surface area contributed by atoms with Crippen LogP contribution in [0.1, 0.15) is 40.5 Å². The third-order valence-electron chi connectivity index (χ3n) is 1.46. The number of hydrogen-bond donors (Lipinski definition) is 0. The lowest BCUT2D eigenvalue weighted by molar-refractivity contribution is 0.413. The van der Waals surface area contributed by atoms with Gasteiger partial charge in [0, 0.05) is 0 Å². The van der Waals surface area contributed by atoms with E-state index >= 15 is 0 Å². The lowest BCUT2D eigenvalue weighted by Crippen LogP contribution is -2.05. The molecule has 0 unspecified atom stereocenters. The fourth-order valence-corrected chi connectivity index (χ4v) is 1.10. The molecule has 0 heteroatoms. The van der Waals surface area contributed by atoms with Gasteiger partial charge in [0.2, 0.25) is 0 Å². The second-order valence-electron chi connectivity index (χ2n) is 4.13. The number of allylic oxidation sites excluding steroid dienone is 3. The molecule has 0 aromatic carbocycles. The van der Waals surface area contributed by atoms with Crippen molar-refractivity contribution in [3.63, 3.8) is 0 Å². The summed E-state index contributed by atoms with van der Waals surface area (Å²) in [6, 6.07) is 0. The van der Waals surface area contributed by atoms with E-state index in [-0.39, 0.29) is 0 Å². The molecule has 0 aliphatic rings. The Morgan fingerprint density at radius 3 is 2.18 bits per heavy atom. The minimum atomic E-state index is 0.384. The van der Waals surface area contributed by atoms with Gasteiger partial charge in [0.25, 0.3) is 0 Å². The van der Waals surface area contributed by atoms with Crippen LogP contribution in [0.15, 0.2) is 24.3 Å². The third-order valence-corrected chi connectivity index (χ3v) is 1.46. The summed E-state index contributed by atoms with van der Waals surface area (Å²) in [5, 5.41) is 0. The third kappa shape index (κ3) is 5.90. The highest BCUT2D eigenvalue weighted by Gasteiger charge is 2.10. The Balaban J connectivity index is 4.09. The van der Waals surface area contributed by atoms with Crippen LogP contribution in [0.5, 0.6) is 0 Å². The number of hydrogen-bond acceptors (Lipinski definition) is 0. The molecule has 0 rings (SSSR count). The second-order valence-corrected chi connectivity index (χ2v) is 4.13. The highest BCUT2D eigenvalue weighted by atomic mass is 14.2. The van der Waals surface area contributed by atoms with Crippen LogP contribution >= 0.6 is 0 Å². The van der Waals surface area contributed by atoms with E-state index < -0.39 is 0 Å². The maximum atomic E-state index is 3.80. The normalized spacial score (nSPS) is 13.3. The Labute approximate surface area is 71.0 Å². The van der Waals surface area contributed by atoms with Gasteiger partial charge in [0.1, 0.15) is 0 Å². The van der Waals surface area contributed by atoms with Crippen LogP contribution in [0.4, 0.5) is 0 Å². The fraction of sp³-hybridized carbons (Fsp3) is 0.636. The van der Waals surface area contributed by atoms with Crippen LogP contribution < -0.4 is 0 Å². The van der Waals surface area contributed by atoms with Gasteiger partial charge in [-0.1, -0.05) is 52.0 Å². The van der Waals surface area contributed by atoms with Gasteiger partial charge < -0.3 is 0 Å². The minimum absolute atomic E-state index is 0.384. The van der Waals surface area contributed by atoms with Crippen molar-refractivity contribution in [2.75, 3.05) is 0 Å². The standard InChI is InChI=1S/C11H20/c1-6-8-10(7-2)9-11(3,4)5/h7-8H,2,6,9H2,1,3-5H3. The van der Waals surface area contributed by atoms with Crippen molar-refractivity contribution in [2.24, 2.45) is 5.41 Å². The highest BCUT2D eigenvalue weighted by Crippen LogP contribution is 2.24. The topological polar surface area (TPSA) is 0 Å². The first kappa shape index (κ1) is 10.5. The molecule has 0 N–H and O–H groups in total. The van der Waals surface area contributed by atoms with Crippen LogP contribution in [-0.2, 0) is 0 Å². The van der Waals surface area contributed by atoms with Gasteiger partial charge in [0.05, 0.1) is 0 Å². The van der Waals surface area contributed by atoms with Crippen LogP contribution in [0.2, 0.25) is 0 Å². The molecule has 0 aliphatic carbocycles. The molecule has 0 saturated heterocycles. The molecular weight excluding hydrogens is 132 g/mol. The Morgan fingerprint density at radius 1 is 1.36 bits per heavy atom. The van der Waals surface area contributed by atoms with Gasteiger partial charge in [-0.25, -0.2) is 0 Å². The molecule has 0 aromatic heterocycles. The molecule has 0 aromatic rings. The van der Waals surface area contributed by atoms with E-state index in [1.165, 1.54) is 5.57 Å². The molecule has 11 heavy (non-hydrogen) atoms. The minimum Gasteiger partial charge on any atom is -0.0988 e. The van der Waals surface area contributed by atoms with E-state index in [0.717, 1.165) is 12.8 Å². The Hall–Kier alpha value is -0.520. The molecule has 0 spiro atoms. The van der Waals surface area contributed by atoms with E-state index in [2.05, 4.69) is 40.3 Å². The summed E-state index contributed by atoms with van der Waals surface area (Å²) in [7, 11) is 0. The Bertz CT molecular complexity index is 144.